The Balaban J connectivity index is 1.65. The van der Waals surface area contributed by atoms with Gasteiger partial charge in [0.15, 0.2) is 4.34 Å². The second-order valence-electron chi connectivity index (χ2n) is 5.72. The molecule has 0 bridgehead atoms. The number of alkyl halides is 4. The molecule has 0 saturated carbocycles. The SMILES string of the molecule is O=C(CCl)Nc1ccc2nc(SCC(=O)Nc3ccccc3C(F)(F)F)sc2c1. The van der Waals surface area contributed by atoms with Gasteiger partial charge in [-0.15, -0.1) is 22.9 Å². The van der Waals surface area contributed by atoms with E-state index in [1.54, 1.807) is 18.2 Å². The molecule has 5 nitrogen and oxygen atoms in total. The van der Waals surface area contributed by atoms with Crippen LogP contribution < -0.4 is 10.6 Å². The molecule has 1 aromatic heterocycles. The van der Waals surface area contributed by atoms with E-state index in [0.717, 1.165) is 22.5 Å². The van der Waals surface area contributed by atoms with Gasteiger partial charge in [0.05, 0.1) is 27.2 Å². The van der Waals surface area contributed by atoms with Gasteiger partial charge in [0.1, 0.15) is 5.88 Å². The van der Waals surface area contributed by atoms with Crippen LogP contribution in [0.1, 0.15) is 5.56 Å². The molecule has 0 aliphatic carbocycles. The molecule has 2 aromatic carbocycles. The number of fused-ring (bicyclic) bond motifs is 1. The van der Waals surface area contributed by atoms with Crippen LogP contribution in [0.3, 0.4) is 0 Å². The molecular formula is C18H13ClF3N3O2S2. The molecule has 0 radical (unpaired) electrons. The first-order valence-corrected chi connectivity index (χ1v) is 10.4. The van der Waals surface area contributed by atoms with Gasteiger partial charge in [0, 0.05) is 5.69 Å². The molecule has 0 fully saturated rings. The summed E-state index contributed by atoms with van der Waals surface area (Å²) in [5.74, 6) is -1.15. The molecular weight excluding hydrogens is 447 g/mol. The summed E-state index contributed by atoms with van der Waals surface area (Å²) in [6.45, 7) is 0. The van der Waals surface area contributed by atoms with Crippen molar-refractivity contribution in [3.05, 3.63) is 48.0 Å². The topological polar surface area (TPSA) is 71.1 Å². The molecule has 3 aromatic rings. The van der Waals surface area contributed by atoms with Crippen LogP contribution in [0.15, 0.2) is 46.8 Å². The Morgan fingerprint density at radius 3 is 2.59 bits per heavy atom. The van der Waals surface area contributed by atoms with Crippen molar-refractivity contribution < 1.29 is 22.8 Å². The van der Waals surface area contributed by atoms with E-state index >= 15 is 0 Å². The Bertz CT molecular complexity index is 1060. The number of hydrogen-bond donors (Lipinski definition) is 2. The smallest absolute Gasteiger partial charge is 0.325 e. The molecule has 0 aliphatic heterocycles. The predicted octanol–water partition coefficient (Wildman–Crippen LogP) is 5.22. The number of benzene rings is 2. The van der Waals surface area contributed by atoms with Gasteiger partial charge < -0.3 is 10.6 Å². The van der Waals surface area contributed by atoms with Gasteiger partial charge in [-0.2, -0.15) is 13.2 Å². The highest BCUT2D eigenvalue weighted by atomic mass is 35.5. The second kappa shape index (κ2) is 9.02. The Morgan fingerprint density at radius 1 is 1.10 bits per heavy atom. The monoisotopic (exact) mass is 459 g/mol. The van der Waals surface area contributed by atoms with Crippen molar-refractivity contribution in [2.24, 2.45) is 0 Å². The largest absolute Gasteiger partial charge is 0.418 e. The van der Waals surface area contributed by atoms with Crippen LogP contribution >= 0.6 is 34.7 Å². The number of thioether (sulfide) groups is 1. The van der Waals surface area contributed by atoms with Crippen LogP contribution in [-0.2, 0) is 15.8 Å². The highest BCUT2D eigenvalue weighted by Crippen LogP contribution is 2.35. The number of nitrogens with zero attached hydrogens (tertiary/aromatic N) is 1. The molecule has 29 heavy (non-hydrogen) atoms. The van der Waals surface area contributed by atoms with E-state index in [9.17, 15) is 22.8 Å². The summed E-state index contributed by atoms with van der Waals surface area (Å²) in [6.07, 6.45) is -4.55. The third-order valence-corrected chi connectivity index (χ3v) is 6.01. The standard InChI is InChI=1S/C18H13ClF3N3O2S2/c19-8-15(26)23-10-5-6-13-14(7-10)29-17(25-13)28-9-16(27)24-12-4-2-1-3-11(12)18(20,21)22/h1-7H,8-9H2,(H,23,26)(H,24,27). The third kappa shape index (κ3) is 5.62. The Kier molecular flexibility index (Phi) is 6.66. The third-order valence-electron chi connectivity index (χ3n) is 3.61. The molecule has 3 rings (SSSR count). The maximum atomic E-state index is 13.0. The first kappa shape index (κ1) is 21.4. The zero-order valence-corrected chi connectivity index (χ0v) is 16.9. The van der Waals surface area contributed by atoms with Crippen LogP contribution in [0.4, 0.5) is 24.5 Å². The summed E-state index contributed by atoms with van der Waals surface area (Å²) in [5, 5.41) is 4.93. The average Bonchev–Trinajstić information content (AvgIpc) is 3.08. The Morgan fingerprint density at radius 2 is 1.86 bits per heavy atom. The van der Waals surface area contributed by atoms with Gasteiger partial charge in [0.2, 0.25) is 11.8 Å². The van der Waals surface area contributed by atoms with Crippen molar-refractivity contribution in [3.8, 4) is 0 Å². The van der Waals surface area contributed by atoms with Crippen LogP contribution in [0.25, 0.3) is 10.2 Å². The fourth-order valence-electron chi connectivity index (χ4n) is 2.39. The van der Waals surface area contributed by atoms with Gasteiger partial charge >= 0.3 is 6.18 Å². The summed E-state index contributed by atoms with van der Waals surface area (Å²) in [6, 6.07) is 9.95. The molecule has 152 valence electrons. The fourth-order valence-corrected chi connectivity index (χ4v) is 4.36. The van der Waals surface area contributed by atoms with Gasteiger partial charge in [-0.3, -0.25) is 9.59 Å². The molecule has 1 heterocycles. The zero-order valence-electron chi connectivity index (χ0n) is 14.5. The number of carbonyl (C=O) groups is 2. The van der Waals surface area contributed by atoms with Gasteiger partial charge in [0.25, 0.3) is 0 Å². The molecule has 2 amide bonds. The van der Waals surface area contributed by atoms with E-state index in [0.29, 0.717) is 15.5 Å². The number of hydrogen-bond acceptors (Lipinski definition) is 5. The molecule has 11 heteroatoms. The first-order valence-electron chi connectivity index (χ1n) is 8.11. The average molecular weight is 460 g/mol. The van der Waals surface area contributed by atoms with Gasteiger partial charge in [-0.05, 0) is 30.3 Å². The van der Waals surface area contributed by atoms with Crippen molar-refractivity contribution in [1.29, 1.82) is 0 Å². The van der Waals surface area contributed by atoms with E-state index in [2.05, 4.69) is 15.6 Å². The lowest BCUT2D eigenvalue weighted by atomic mass is 10.1. The fraction of sp³-hybridized carbons (Fsp3) is 0.167. The van der Waals surface area contributed by atoms with Gasteiger partial charge in [-0.1, -0.05) is 23.9 Å². The van der Waals surface area contributed by atoms with Crippen LogP contribution in [0.5, 0.6) is 0 Å². The minimum Gasteiger partial charge on any atom is -0.325 e. The predicted molar refractivity (Wildman–Crippen MR) is 110 cm³/mol. The first-order chi connectivity index (χ1) is 13.8. The number of nitrogens with one attached hydrogen (secondary N) is 2. The molecule has 0 saturated heterocycles. The summed E-state index contributed by atoms with van der Waals surface area (Å²) in [7, 11) is 0. The van der Waals surface area contributed by atoms with Gasteiger partial charge in [-0.25, -0.2) is 4.98 Å². The minimum atomic E-state index is -4.55. The van der Waals surface area contributed by atoms with E-state index in [4.69, 9.17) is 11.6 Å². The number of aromatic nitrogens is 1. The molecule has 0 aliphatic rings. The Hall–Kier alpha value is -2.30. The van der Waals surface area contributed by atoms with Crippen LogP contribution in [0.2, 0.25) is 0 Å². The zero-order chi connectivity index (χ0) is 21.0. The summed E-state index contributed by atoms with van der Waals surface area (Å²) >= 11 is 7.89. The normalized spacial score (nSPS) is 11.4. The van der Waals surface area contributed by atoms with E-state index in [1.807, 2.05) is 0 Å². The van der Waals surface area contributed by atoms with Crippen LogP contribution in [-0.4, -0.2) is 28.4 Å². The second-order valence-corrected chi connectivity index (χ2v) is 8.24. The maximum Gasteiger partial charge on any atom is 0.418 e. The van der Waals surface area contributed by atoms with E-state index in [-0.39, 0.29) is 23.2 Å². The molecule has 0 spiro atoms. The highest BCUT2D eigenvalue weighted by molar-refractivity contribution is 8.01. The number of para-hydroxylation sites is 1. The minimum absolute atomic E-state index is 0.0954. The lowest BCUT2D eigenvalue weighted by molar-refractivity contribution is -0.137. The lowest BCUT2D eigenvalue weighted by Crippen LogP contribution is -2.18. The van der Waals surface area contributed by atoms with Crippen LogP contribution in [0, 0.1) is 0 Å². The number of rotatable bonds is 6. The lowest BCUT2D eigenvalue weighted by Gasteiger charge is -2.13. The molecule has 0 atom stereocenters. The highest BCUT2D eigenvalue weighted by Gasteiger charge is 2.33. The number of amides is 2. The molecule has 2 N–H and O–H groups in total. The van der Waals surface area contributed by atoms with Crippen molar-refractivity contribution in [1.82, 2.24) is 4.98 Å². The number of anilines is 2. The maximum absolute atomic E-state index is 13.0. The van der Waals surface area contributed by atoms with Crippen molar-refractivity contribution in [3.63, 3.8) is 0 Å². The summed E-state index contributed by atoms with van der Waals surface area (Å²) in [4.78, 5) is 27.8. The summed E-state index contributed by atoms with van der Waals surface area (Å²) in [5.41, 5.74) is 0.0773. The number of thiazole rings is 1. The summed E-state index contributed by atoms with van der Waals surface area (Å²) < 4.78 is 40.4. The van der Waals surface area contributed by atoms with E-state index in [1.165, 1.54) is 29.5 Å². The van der Waals surface area contributed by atoms with Crippen molar-refractivity contribution >= 4 is 68.1 Å². The molecule has 0 unspecified atom stereocenters. The number of carbonyl (C=O) groups excluding carboxylic acids is 2. The number of halogens is 4. The van der Waals surface area contributed by atoms with E-state index < -0.39 is 17.6 Å². The quantitative estimate of drug-likeness (QED) is 0.391. The van der Waals surface area contributed by atoms with Crippen molar-refractivity contribution in [2.75, 3.05) is 22.3 Å². The van der Waals surface area contributed by atoms with Crippen molar-refractivity contribution in [2.45, 2.75) is 10.5 Å². The Labute approximate surface area is 176 Å².